The first kappa shape index (κ1) is 23.1. The van der Waals surface area contributed by atoms with Gasteiger partial charge < -0.3 is 10.0 Å². The zero-order chi connectivity index (χ0) is 24.4. The van der Waals surface area contributed by atoms with Crippen LogP contribution >= 0.6 is 0 Å². The molecule has 6 nitrogen and oxygen atoms in total. The summed E-state index contributed by atoms with van der Waals surface area (Å²) in [5, 5.41) is 11.0. The van der Waals surface area contributed by atoms with Crippen molar-refractivity contribution in [3.8, 4) is 0 Å². The van der Waals surface area contributed by atoms with E-state index in [1.807, 2.05) is 26.0 Å². The van der Waals surface area contributed by atoms with Crippen molar-refractivity contribution < 1.29 is 23.5 Å². The number of amides is 1. The van der Waals surface area contributed by atoms with Crippen LogP contribution in [0.4, 0.5) is 20.2 Å². The molecule has 8 heteroatoms. The van der Waals surface area contributed by atoms with Crippen molar-refractivity contribution in [2.45, 2.75) is 19.9 Å². The Morgan fingerprint density at radius 1 is 1.00 bits per heavy atom. The van der Waals surface area contributed by atoms with E-state index in [4.69, 9.17) is 0 Å². The predicted molar refractivity (Wildman–Crippen MR) is 125 cm³/mol. The highest BCUT2D eigenvalue weighted by atomic mass is 19.1. The number of carbonyl (C=O) groups excluding carboxylic acids is 2. The second-order valence-corrected chi connectivity index (χ2v) is 7.76. The largest absolute Gasteiger partial charge is 0.507 e. The van der Waals surface area contributed by atoms with Gasteiger partial charge in [-0.3, -0.25) is 19.5 Å². The summed E-state index contributed by atoms with van der Waals surface area (Å²) in [5.41, 5.74) is 1.08. The molecule has 1 amide bonds. The van der Waals surface area contributed by atoms with Crippen molar-refractivity contribution in [1.29, 1.82) is 0 Å². The van der Waals surface area contributed by atoms with Gasteiger partial charge in [0, 0.05) is 42.8 Å². The monoisotopic (exact) mass is 463 g/mol. The smallest absolute Gasteiger partial charge is 0.300 e. The summed E-state index contributed by atoms with van der Waals surface area (Å²) in [4.78, 5) is 33.1. The predicted octanol–water partition coefficient (Wildman–Crippen LogP) is 4.83. The third kappa shape index (κ3) is 4.03. The highest BCUT2D eigenvalue weighted by Crippen LogP contribution is 2.43. The molecule has 0 saturated carbocycles. The Morgan fingerprint density at radius 2 is 1.65 bits per heavy atom. The van der Waals surface area contributed by atoms with Crippen LogP contribution in [0.1, 0.15) is 31.0 Å². The lowest BCUT2D eigenvalue weighted by atomic mass is 9.95. The molecule has 0 radical (unpaired) electrons. The number of rotatable bonds is 6. The van der Waals surface area contributed by atoms with E-state index in [0.717, 1.165) is 41.9 Å². The fraction of sp³-hybridized carbons (Fsp3) is 0.192. The van der Waals surface area contributed by atoms with Crippen molar-refractivity contribution in [1.82, 2.24) is 4.98 Å². The number of Topliss-reactive ketones (excluding diaryl/α,β-unsaturated/α-hetero) is 1. The van der Waals surface area contributed by atoms with Gasteiger partial charge in [-0.1, -0.05) is 12.1 Å². The molecule has 0 aliphatic carbocycles. The number of pyridine rings is 1. The fourth-order valence-electron chi connectivity index (χ4n) is 4.19. The molecule has 1 aromatic heterocycles. The lowest BCUT2D eigenvalue weighted by Gasteiger charge is -2.27. The molecule has 2 heterocycles. The molecule has 174 valence electrons. The molecule has 2 aromatic carbocycles. The van der Waals surface area contributed by atoms with E-state index in [2.05, 4.69) is 9.88 Å². The minimum Gasteiger partial charge on any atom is -0.507 e. The second-order valence-electron chi connectivity index (χ2n) is 7.76. The van der Waals surface area contributed by atoms with Gasteiger partial charge in [-0.2, -0.15) is 0 Å². The van der Waals surface area contributed by atoms with Crippen molar-refractivity contribution in [3.05, 3.63) is 95.3 Å². The van der Waals surface area contributed by atoms with E-state index < -0.39 is 35.1 Å². The molecule has 34 heavy (non-hydrogen) atoms. The standard InChI is InChI=1S/C26H23F2N3O3/c1-3-30(4-2)19-8-5-16(6-9-19)23-22(24(32)17-11-13-29-14-12-17)25(33)26(34)31(23)21-15-18(27)7-10-20(21)28/h5-15,23,32H,3-4H2,1-2H3/b24-22+. The van der Waals surface area contributed by atoms with Crippen molar-refractivity contribution in [3.63, 3.8) is 0 Å². The van der Waals surface area contributed by atoms with E-state index in [1.165, 1.54) is 24.5 Å². The van der Waals surface area contributed by atoms with Crippen LogP contribution in [0.15, 0.2) is 72.6 Å². The van der Waals surface area contributed by atoms with E-state index in [1.54, 1.807) is 12.1 Å². The van der Waals surface area contributed by atoms with E-state index >= 15 is 0 Å². The minimum absolute atomic E-state index is 0.213. The summed E-state index contributed by atoms with van der Waals surface area (Å²) < 4.78 is 28.8. The first-order valence-electron chi connectivity index (χ1n) is 10.9. The highest BCUT2D eigenvalue weighted by molar-refractivity contribution is 6.51. The van der Waals surface area contributed by atoms with Crippen LogP contribution in [0, 0.1) is 11.6 Å². The number of carbonyl (C=O) groups is 2. The number of aliphatic hydroxyl groups excluding tert-OH is 1. The molecule has 1 fully saturated rings. The maximum absolute atomic E-state index is 14.8. The molecule has 1 N–H and O–H groups in total. The van der Waals surface area contributed by atoms with Crippen LogP contribution in [-0.4, -0.2) is 34.9 Å². The minimum atomic E-state index is -1.16. The highest BCUT2D eigenvalue weighted by Gasteiger charge is 2.47. The number of benzene rings is 2. The third-order valence-corrected chi connectivity index (χ3v) is 5.90. The molecule has 3 aromatic rings. The van der Waals surface area contributed by atoms with Gasteiger partial charge >= 0.3 is 0 Å². The number of halogens is 2. The molecule has 1 unspecified atom stereocenters. The maximum atomic E-state index is 14.8. The van der Waals surface area contributed by atoms with Gasteiger partial charge in [-0.05, 0) is 55.8 Å². The van der Waals surface area contributed by atoms with Crippen LogP contribution < -0.4 is 9.80 Å². The number of nitrogens with zero attached hydrogens (tertiary/aromatic N) is 3. The number of aromatic nitrogens is 1. The van der Waals surface area contributed by atoms with Crippen LogP contribution in [0.2, 0.25) is 0 Å². The molecule has 1 aliphatic heterocycles. The maximum Gasteiger partial charge on any atom is 0.300 e. The zero-order valence-electron chi connectivity index (χ0n) is 18.7. The summed E-state index contributed by atoms with van der Waals surface area (Å²) in [5.74, 6) is -4.09. The van der Waals surface area contributed by atoms with Crippen LogP contribution in [0.5, 0.6) is 0 Å². The van der Waals surface area contributed by atoms with Crippen LogP contribution in [0.25, 0.3) is 5.76 Å². The van der Waals surface area contributed by atoms with Gasteiger partial charge in [0.1, 0.15) is 17.4 Å². The number of hydrogen-bond acceptors (Lipinski definition) is 5. The van der Waals surface area contributed by atoms with Crippen molar-refractivity contribution in [2.24, 2.45) is 0 Å². The number of aliphatic hydroxyl groups is 1. The van der Waals surface area contributed by atoms with Crippen LogP contribution in [-0.2, 0) is 9.59 Å². The fourth-order valence-corrected chi connectivity index (χ4v) is 4.19. The van der Waals surface area contributed by atoms with Gasteiger partial charge in [-0.25, -0.2) is 8.78 Å². The molecule has 0 spiro atoms. The van der Waals surface area contributed by atoms with Gasteiger partial charge in [0.05, 0.1) is 17.3 Å². The molecule has 4 rings (SSSR count). The van der Waals surface area contributed by atoms with E-state index in [0.29, 0.717) is 5.56 Å². The van der Waals surface area contributed by atoms with E-state index in [9.17, 15) is 23.5 Å². The van der Waals surface area contributed by atoms with Crippen LogP contribution in [0.3, 0.4) is 0 Å². The van der Waals surface area contributed by atoms with Gasteiger partial charge in [-0.15, -0.1) is 0 Å². The normalized spacial score (nSPS) is 17.3. The average molecular weight is 463 g/mol. The Labute approximate surface area is 195 Å². The third-order valence-electron chi connectivity index (χ3n) is 5.90. The zero-order valence-corrected chi connectivity index (χ0v) is 18.7. The first-order chi connectivity index (χ1) is 16.4. The SMILES string of the molecule is CCN(CC)c1ccc(C2/C(=C(\O)c3ccncc3)C(=O)C(=O)N2c2cc(F)ccc2F)cc1. The lowest BCUT2D eigenvalue weighted by molar-refractivity contribution is -0.132. The second kappa shape index (κ2) is 9.43. The average Bonchev–Trinajstić information content (AvgIpc) is 3.12. The Balaban J connectivity index is 1.93. The van der Waals surface area contributed by atoms with Gasteiger partial charge in [0.2, 0.25) is 0 Å². The summed E-state index contributed by atoms with van der Waals surface area (Å²) in [6.45, 7) is 5.61. The summed E-state index contributed by atoms with van der Waals surface area (Å²) in [6, 6.07) is 11.6. The van der Waals surface area contributed by atoms with Crippen molar-refractivity contribution >= 4 is 28.8 Å². The molecular formula is C26H23F2N3O3. The molecule has 1 saturated heterocycles. The molecule has 1 aliphatic rings. The number of anilines is 2. The summed E-state index contributed by atoms with van der Waals surface area (Å²) in [7, 11) is 0. The lowest BCUT2D eigenvalue weighted by Crippen LogP contribution is -2.30. The summed E-state index contributed by atoms with van der Waals surface area (Å²) >= 11 is 0. The Hall–Kier alpha value is -4.07. The number of ketones is 1. The Bertz CT molecular complexity index is 1260. The summed E-state index contributed by atoms with van der Waals surface area (Å²) in [6.07, 6.45) is 2.87. The molecule has 0 bridgehead atoms. The van der Waals surface area contributed by atoms with Gasteiger partial charge in [0.15, 0.2) is 0 Å². The molecule has 1 atom stereocenters. The quantitative estimate of drug-likeness (QED) is 0.322. The first-order valence-corrected chi connectivity index (χ1v) is 10.9. The Morgan fingerprint density at radius 3 is 2.26 bits per heavy atom. The number of hydrogen-bond donors (Lipinski definition) is 1. The Kier molecular flexibility index (Phi) is 6.40. The topological polar surface area (TPSA) is 73.7 Å². The van der Waals surface area contributed by atoms with Crippen molar-refractivity contribution in [2.75, 3.05) is 22.9 Å². The molecular weight excluding hydrogens is 440 g/mol. The van der Waals surface area contributed by atoms with E-state index in [-0.39, 0.29) is 16.8 Å². The van der Waals surface area contributed by atoms with Gasteiger partial charge in [0.25, 0.3) is 11.7 Å².